The third kappa shape index (κ3) is 3.13. The Balaban J connectivity index is 1.47. The van der Waals surface area contributed by atoms with Crippen LogP contribution < -0.4 is 10.2 Å². The fraction of sp³-hybridized carbons (Fsp3) is 0.600. The Kier molecular flexibility index (Phi) is 3.86. The topological polar surface area (TPSA) is 84.2 Å². The molecule has 0 spiro atoms. The summed E-state index contributed by atoms with van der Waals surface area (Å²) in [6.07, 6.45) is 6.44. The lowest BCUT2D eigenvalue weighted by molar-refractivity contribution is -0.380. The van der Waals surface area contributed by atoms with Crippen LogP contribution in [-0.4, -0.2) is 40.6 Å². The third-order valence-electron chi connectivity index (χ3n) is 4.66. The molecule has 2 aliphatic rings. The molecule has 7 nitrogen and oxygen atoms in total. The first-order chi connectivity index (χ1) is 11.2. The summed E-state index contributed by atoms with van der Waals surface area (Å²) in [4.78, 5) is 22.1. The molecule has 0 bridgehead atoms. The Morgan fingerprint density at radius 3 is 2.78 bits per heavy atom. The van der Waals surface area contributed by atoms with Gasteiger partial charge >= 0.3 is 5.00 Å². The van der Waals surface area contributed by atoms with Gasteiger partial charge in [0.1, 0.15) is 17.0 Å². The Hall–Kier alpha value is -1.80. The average Bonchev–Trinajstić information content (AvgIpc) is 3.28. The van der Waals surface area contributed by atoms with Crippen molar-refractivity contribution in [3.05, 3.63) is 22.5 Å². The minimum Gasteiger partial charge on any atom is -0.356 e. The monoisotopic (exact) mass is 333 g/mol. The third-order valence-corrected chi connectivity index (χ3v) is 5.66. The number of nitrogens with zero attached hydrogens (tertiary/aromatic N) is 4. The van der Waals surface area contributed by atoms with E-state index in [0.29, 0.717) is 10.9 Å². The van der Waals surface area contributed by atoms with Crippen molar-refractivity contribution < 1.29 is 4.92 Å². The maximum atomic E-state index is 11.0. The van der Waals surface area contributed by atoms with Crippen molar-refractivity contribution in [1.82, 2.24) is 15.3 Å². The highest BCUT2D eigenvalue weighted by atomic mass is 32.1. The molecule has 23 heavy (non-hydrogen) atoms. The molecular formula is C15H19N5O2S. The maximum absolute atomic E-state index is 11.0. The van der Waals surface area contributed by atoms with Crippen LogP contribution in [0.2, 0.25) is 0 Å². The van der Waals surface area contributed by atoms with Gasteiger partial charge in [-0.25, -0.2) is 9.97 Å². The summed E-state index contributed by atoms with van der Waals surface area (Å²) in [5, 5.41) is 15.6. The number of rotatable bonds is 5. The van der Waals surface area contributed by atoms with Crippen LogP contribution in [0.15, 0.2) is 12.4 Å². The first kappa shape index (κ1) is 14.8. The average molecular weight is 333 g/mol. The standard InChI is InChI=1S/C15H19N5O2S/c21-20(22)13-7-12-14(17-9-18-15(12)23-13)19-5-3-11(4-6-19)16-8-10-1-2-10/h7,9-11,16H,1-6,8H2. The summed E-state index contributed by atoms with van der Waals surface area (Å²) in [5.41, 5.74) is 0. The largest absolute Gasteiger partial charge is 0.356 e. The lowest BCUT2D eigenvalue weighted by atomic mass is 10.0. The first-order valence-corrected chi connectivity index (χ1v) is 8.89. The van der Waals surface area contributed by atoms with Crippen molar-refractivity contribution in [2.45, 2.75) is 31.7 Å². The van der Waals surface area contributed by atoms with E-state index in [4.69, 9.17) is 0 Å². The van der Waals surface area contributed by atoms with Crippen LogP contribution in [-0.2, 0) is 0 Å². The molecule has 0 unspecified atom stereocenters. The lowest BCUT2D eigenvalue weighted by Crippen LogP contribution is -2.43. The zero-order chi connectivity index (χ0) is 15.8. The fourth-order valence-corrected chi connectivity index (χ4v) is 3.93. The van der Waals surface area contributed by atoms with Crippen LogP contribution in [0.5, 0.6) is 0 Å². The van der Waals surface area contributed by atoms with Gasteiger partial charge in [-0.05, 0) is 49.5 Å². The maximum Gasteiger partial charge on any atom is 0.326 e. The van der Waals surface area contributed by atoms with Crippen molar-refractivity contribution in [3.8, 4) is 0 Å². The Bertz CT molecular complexity index is 722. The van der Waals surface area contributed by atoms with Gasteiger partial charge < -0.3 is 10.2 Å². The smallest absolute Gasteiger partial charge is 0.326 e. The molecule has 1 aliphatic heterocycles. The highest BCUT2D eigenvalue weighted by molar-refractivity contribution is 7.21. The molecule has 122 valence electrons. The molecule has 8 heteroatoms. The van der Waals surface area contributed by atoms with E-state index in [-0.39, 0.29) is 9.92 Å². The summed E-state index contributed by atoms with van der Waals surface area (Å²) >= 11 is 1.11. The van der Waals surface area contributed by atoms with E-state index in [9.17, 15) is 10.1 Å². The van der Waals surface area contributed by atoms with Gasteiger partial charge in [-0.2, -0.15) is 0 Å². The molecule has 2 aromatic rings. The van der Waals surface area contributed by atoms with Crippen molar-refractivity contribution >= 4 is 32.4 Å². The van der Waals surface area contributed by atoms with E-state index < -0.39 is 0 Å². The molecule has 1 N–H and O–H groups in total. The minimum absolute atomic E-state index is 0.128. The van der Waals surface area contributed by atoms with Gasteiger partial charge in [-0.3, -0.25) is 10.1 Å². The van der Waals surface area contributed by atoms with E-state index in [1.165, 1.54) is 19.2 Å². The number of thiophene rings is 1. The summed E-state index contributed by atoms with van der Waals surface area (Å²) in [5.74, 6) is 1.74. The Morgan fingerprint density at radius 2 is 2.09 bits per heavy atom. The van der Waals surface area contributed by atoms with Gasteiger partial charge in [-0.1, -0.05) is 0 Å². The SMILES string of the molecule is O=[N+]([O-])c1cc2c(N3CCC(NCC4CC4)CC3)ncnc2s1. The highest BCUT2D eigenvalue weighted by Gasteiger charge is 2.26. The number of anilines is 1. The van der Waals surface area contributed by atoms with Gasteiger partial charge in [0.15, 0.2) is 0 Å². The predicted octanol–water partition coefficient (Wildman–Crippen LogP) is 2.57. The number of fused-ring (bicyclic) bond motifs is 1. The lowest BCUT2D eigenvalue weighted by Gasteiger charge is -2.33. The summed E-state index contributed by atoms with van der Waals surface area (Å²) in [6, 6.07) is 2.19. The van der Waals surface area contributed by atoms with E-state index in [2.05, 4.69) is 20.2 Å². The molecule has 1 aliphatic carbocycles. The van der Waals surface area contributed by atoms with Gasteiger partial charge in [0.2, 0.25) is 0 Å². The van der Waals surface area contributed by atoms with Gasteiger partial charge in [0, 0.05) is 25.2 Å². The molecule has 0 aromatic carbocycles. The zero-order valence-electron chi connectivity index (χ0n) is 12.8. The number of aromatic nitrogens is 2. The molecule has 4 rings (SSSR count). The van der Waals surface area contributed by atoms with Crippen LogP contribution in [0.1, 0.15) is 25.7 Å². The van der Waals surface area contributed by atoms with E-state index in [1.807, 2.05) is 0 Å². The van der Waals surface area contributed by atoms with Crippen LogP contribution in [0.3, 0.4) is 0 Å². The molecule has 0 radical (unpaired) electrons. The Morgan fingerprint density at radius 1 is 1.30 bits per heavy atom. The molecule has 2 fully saturated rings. The quantitative estimate of drug-likeness (QED) is 0.669. The number of hydrogen-bond acceptors (Lipinski definition) is 7. The summed E-state index contributed by atoms with van der Waals surface area (Å²) in [6.45, 7) is 3.01. The van der Waals surface area contributed by atoms with Gasteiger partial charge in [-0.15, -0.1) is 0 Å². The second-order valence-corrected chi connectivity index (χ2v) is 7.38. The van der Waals surface area contributed by atoms with Crippen LogP contribution in [0.4, 0.5) is 10.8 Å². The molecule has 3 heterocycles. The van der Waals surface area contributed by atoms with Crippen LogP contribution in [0, 0.1) is 16.0 Å². The molecule has 1 saturated heterocycles. The molecule has 1 saturated carbocycles. The zero-order valence-corrected chi connectivity index (χ0v) is 13.6. The summed E-state index contributed by atoms with van der Waals surface area (Å²) in [7, 11) is 0. The molecular weight excluding hydrogens is 314 g/mol. The Labute approximate surface area is 137 Å². The molecule has 0 amide bonds. The van der Waals surface area contributed by atoms with Crippen LogP contribution in [0.25, 0.3) is 10.2 Å². The van der Waals surface area contributed by atoms with Crippen molar-refractivity contribution in [3.63, 3.8) is 0 Å². The minimum atomic E-state index is -0.357. The van der Waals surface area contributed by atoms with Gasteiger partial charge in [0.05, 0.1) is 10.3 Å². The van der Waals surface area contributed by atoms with Gasteiger partial charge in [0.25, 0.3) is 0 Å². The second kappa shape index (κ2) is 6.01. The van der Waals surface area contributed by atoms with Crippen LogP contribution >= 0.6 is 11.3 Å². The van der Waals surface area contributed by atoms with Crippen molar-refractivity contribution in [2.75, 3.05) is 24.5 Å². The van der Waals surface area contributed by atoms with E-state index in [1.54, 1.807) is 6.07 Å². The van der Waals surface area contributed by atoms with Crippen molar-refractivity contribution in [1.29, 1.82) is 0 Å². The van der Waals surface area contributed by atoms with Crippen molar-refractivity contribution in [2.24, 2.45) is 5.92 Å². The molecule has 0 atom stereocenters. The number of nitrogens with one attached hydrogen (secondary N) is 1. The number of hydrogen-bond donors (Lipinski definition) is 1. The highest BCUT2D eigenvalue weighted by Crippen LogP contribution is 2.35. The predicted molar refractivity (Wildman–Crippen MR) is 90.0 cm³/mol. The second-order valence-electron chi connectivity index (χ2n) is 6.37. The van der Waals surface area contributed by atoms with E-state index >= 15 is 0 Å². The molecule has 2 aromatic heterocycles. The summed E-state index contributed by atoms with van der Waals surface area (Å²) < 4.78 is 0. The fourth-order valence-electron chi connectivity index (χ4n) is 3.12. The normalized spacial score (nSPS) is 19.4. The number of nitro groups is 1. The first-order valence-electron chi connectivity index (χ1n) is 8.08. The number of piperidine rings is 1. The van der Waals surface area contributed by atoms with E-state index in [0.717, 1.165) is 60.9 Å².